The number of hydrogen-bond donors (Lipinski definition) is 1. The van der Waals surface area contributed by atoms with Gasteiger partial charge in [-0.3, -0.25) is 0 Å². The summed E-state index contributed by atoms with van der Waals surface area (Å²) in [7, 11) is 0. The molecule has 0 aromatic carbocycles. The van der Waals surface area contributed by atoms with E-state index in [1.807, 2.05) is 20.8 Å². The Kier molecular flexibility index (Phi) is 4.13. The van der Waals surface area contributed by atoms with Crippen LogP contribution in [0, 0.1) is 6.92 Å². The van der Waals surface area contributed by atoms with Gasteiger partial charge in [-0.05, 0) is 30.5 Å². The zero-order valence-corrected chi connectivity index (χ0v) is 14.1. The fourth-order valence-corrected chi connectivity index (χ4v) is 2.77. The number of anilines is 1. The molecule has 0 radical (unpaired) electrons. The van der Waals surface area contributed by atoms with Gasteiger partial charge in [0, 0.05) is 17.5 Å². The van der Waals surface area contributed by atoms with E-state index in [9.17, 15) is 8.78 Å². The van der Waals surface area contributed by atoms with Crippen LogP contribution in [-0.2, 0) is 0 Å². The molecule has 0 fully saturated rings. The second-order valence-electron chi connectivity index (χ2n) is 5.91. The summed E-state index contributed by atoms with van der Waals surface area (Å²) in [6.45, 7) is 5.60. The van der Waals surface area contributed by atoms with Crippen LogP contribution in [0.3, 0.4) is 0 Å². The highest BCUT2D eigenvalue weighted by Gasteiger charge is 2.23. The zero-order chi connectivity index (χ0) is 17.6. The molecule has 0 spiro atoms. The molecule has 0 saturated carbocycles. The molecule has 3 aromatic heterocycles. The Labute approximate surface area is 142 Å². The Bertz CT molecular complexity index is 920. The van der Waals surface area contributed by atoms with Gasteiger partial charge in [-0.1, -0.05) is 25.4 Å². The van der Waals surface area contributed by atoms with Crippen LogP contribution in [-0.4, -0.2) is 19.7 Å². The third-order valence-corrected chi connectivity index (χ3v) is 3.99. The van der Waals surface area contributed by atoms with Gasteiger partial charge in [-0.15, -0.1) is 5.10 Å². The standard InChI is InChI=1S/C16H16ClF2N5/c1-7(2)11-5-9(13(18)19)12-14(20)24(23-15(12)22-11)16-10(17)4-8(3)6-21-16/h4-7,13H,20H2,1-3H3. The molecule has 24 heavy (non-hydrogen) atoms. The first-order chi connectivity index (χ1) is 11.3. The normalized spacial score (nSPS) is 11.8. The maximum absolute atomic E-state index is 13.5. The number of halogens is 3. The van der Waals surface area contributed by atoms with Gasteiger partial charge in [0.05, 0.1) is 10.4 Å². The van der Waals surface area contributed by atoms with Gasteiger partial charge in [-0.2, -0.15) is 4.68 Å². The molecule has 8 heteroatoms. The molecule has 0 aliphatic carbocycles. The van der Waals surface area contributed by atoms with Crippen molar-refractivity contribution in [1.82, 2.24) is 19.7 Å². The highest BCUT2D eigenvalue weighted by Crippen LogP contribution is 2.34. The van der Waals surface area contributed by atoms with Crippen molar-refractivity contribution in [2.45, 2.75) is 33.1 Å². The molecule has 0 atom stereocenters. The third-order valence-electron chi connectivity index (χ3n) is 3.72. The molecule has 0 unspecified atom stereocenters. The largest absolute Gasteiger partial charge is 0.383 e. The molecule has 2 N–H and O–H groups in total. The second-order valence-corrected chi connectivity index (χ2v) is 6.31. The van der Waals surface area contributed by atoms with Crippen LogP contribution in [0.25, 0.3) is 16.9 Å². The van der Waals surface area contributed by atoms with Gasteiger partial charge in [0.15, 0.2) is 11.5 Å². The van der Waals surface area contributed by atoms with Gasteiger partial charge in [-0.25, -0.2) is 18.7 Å². The first-order valence-electron chi connectivity index (χ1n) is 7.39. The van der Waals surface area contributed by atoms with Crippen molar-refractivity contribution >= 4 is 28.5 Å². The van der Waals surface area contributed by atoms with Gasteiger partial charge in [0.25, 0.3) is 6.43 Å². The molecule has 0 aliphatic rings. The topological polar surface area (TPSA) is 69.6 Å². The van der Waals surface area contributed by atoms with Crippen LogP contribution in [0.2, 0.25) is 5.02 Å². The third kappa shape index (κ3) is 2.69. The summed E-state index contributed by atoms with van der Waals surface area (Å²) in [5, 5.41) is 4.72. The van der Waals surface area contributed by atoms with Crippen LogP contribution in [0.15, 0.2) is 18.3 Å². The lowest BCUT2D eigenvalue weighted by Gasteiger charge is -2.08. The summed E-state index contributed by atoms with van der Waals surface area (Å²) >= 11 is 6.20. The van der Waals surface area contributed by atoms with E-state index in [2.05, 4.69) is 15.1 Å². The Balaban J connectivity index is 2.32. The average molecular weight is 352 g/mol. The molecule has 0 saturated heterocycles. The van der Waals surface area contributed by atoms with Crippen LogP contribution in [0.5, 0.6) is 0 Å². The Hall–Kier alpha value is -2.28. The number of nitrogens with zero attached hydrogens (tertiary/aromatic N) is 4. The molecule has 0 amide bonds. The SMILES string of the molecule is Cc1cnc(-n2nc3nc(C(C)C)cc(C(F)F)c3c2N)c(Cl)c1. The highest BCUT2D eigenvalue weighted by atomic mass is 35.5. The molecular formula is C16H16ClF2N5. The van der Waals surface area contributed by atoms with E-state index in [4.69, 9.17) is 17.3 Å². The molecule has 0 bridgehead atoms. The van der Waals surface area contributed by atoms with E-state index >= 15 is 0 Å². The lowest BCUT2D eigenvalue weighted by molar-refractivity contribution is 0.153. The molecule has 3 heterocycles. The molecule has 3 rings (SSSR count). The first-order valence-corrected chi connectivity index (χ1v) is 7.77. The van der Waals surface area contributed by atoms with E-state index in [1.165, 1.54) is 10.7 Å². The number of nitrogen functional groups attached to an aromatic ring is 1. The number of pyridine rings is 2. The predicted octanol–water partition coefficient (Wildman–Crippen LogP) is 4.42. The number of alkyl halides is 2. The fraction of sp³-hybridized carbons (Fsp3) is 0.312. The number of aryl methyl sites for hydroxylation is 1. The fourth-order valence-electron chi connectivity index (χ4n) is 2.47. The van der Waals surface area contributed by atoms with Crippen LogP contribution in [0.1, 0.15) is 43.0 Å². The van der Waals surface area contributed by atoms with Crippen molar-refractivity contribution in [3.8, 4) is 5.82 Å². The number of nitrogens with two attached hydrogens (primary N) is 1. The van der Waals surface area contributed by atoms with Crippen molar-refractivity contribution < 1.29 is 8.78 Å². The Morgan fingerprint density at radius 3 is 2.54 bits per heavy atom. The minimum Gasteiger partial charge on any atom is -0.383 e. The van der Waals surface area contributed by atoms with Gasteiger partial charge < -0.3 is 5.73 Å². The van der Waals surface area contributed by atoms with Crippen LogP contribution < -0.4 is 5.73 Å². The number of rotatable bonds is 3. The second kappa shape index (κ2) is 5.98. The van der Waals surface area contributed by atoms with Crippen molar-refractivity contribution in [2.24, 2.45) is 0 Å². The number of hydrogen-bond acceptors (Lipinski definition) is 4. The Morgan fingerprint density at radius 1 is 1.25 bits per heavy atom. The highest BCUT2D eigenvalue weighted by molar-refractivity contribution is 6.32. The zero-order valence-electron chi connectivity index (χ0n) is 13.4. The minimum atomic E-state index is -2.69. The maximum Gasteiger partial charge on any atom is 0.264 e. The summed E-state index contributed by atoms with van der Waals surface area (Å²) in [5.41, 5.74) is 7.45. The summed E-state index contributed by atoms with van der Waals surface area (Å²) in [5.74, 6) is 0.310. The average Bonchev–Trinajstić information content (AvgIpc) is 2.83. The van der Waals surface area contributed by atoms with Crippen molar-refractivity contribution in [3.05, 3.63) is 40.2 Å². The smallest absolute Gasteiger partial charge is 0.264 e. The van der Waals surface area contributed by atoms with E-state index in [-0.39, 0.29) is 34.2 Å². The number of aromatic nitrogens is 4. The summed E-state index contributed by atoms with van der Waals surface area (Å²) in [6.07, 6.45) is -1.08. The predicted molar refractivity (Wildman–Crippen MR) is 89.9 cm³/mol. The Morgan fingerprint density at radius 2 is 1.96 bits per heavy atom. The molecular weight excluding hydrogens is 336 g/mol. The van der Waals surface area contributed by atoms with E-state index in [0.29, 0.717) is 10.7 Å². The first kappa shape index (κ1) is 16.6. The minimum absolute atomic E-state index is 0.0145. The lowest BCUT2D eigenvalue weighted by atomic mass is 10.1. The number of fused-ring (bicyclic) bond motifs is 1. The van der Waals surface area contributed by atoms with E-state index < -0.39 is 6.43 Å². The maximum atomic E-state index is 13.5. The van der Waals surface area contributed by atoms with E-state index in [0.717, 1.165) is 5.56 Å². The summed E-state index contributed by atoms with van der Waals surface area (Å²) in [4.78, 5) is 8.57. The molecule has 126 valence electrons. The van der Waals surface area contributed by atoms with Gasteiger partial charge in [0.1, 0.15) is 5.82 Å². The van der Waals surface area contributed by atoms with Crippen molar-refractivity contribution in [1.29, 1.82) is 0 Å². The van der Waals surface area contributed by atoms with Gasteiger partial charge in [0.2, 0.25) is 0 Å². The lowest BCUT2D eigenvalue weighted by Crippen LogP contribution is -2.05. The van der Waals surface area contributed by atoms with Crippen LogP contribution in [0.4, 0.5) is 14.6 Å². The van der Waals surface area contributed by atoms with Gasteiger partial charge >= 0.3 is 0 Å². The summed E-state index contributed by atoms with van der Waals surface area (Å²) < 4.78 is 28.3. The monoisotopic (exact) mass is 351 g/mol. The van der Waals surface area contributed by atoms with E-state index in [1.54, 1.807) is 12.3 Å². The van der Waals surface area contributed by atoms with Crippen LogP contribution >= 0.6 is 11.6 Å². The molecule has 3 aromatic rings. The van der Waals surface area contributed by atoms with Crippen molar-refractivity contribution in [2.75, 3.05) is 5.73 Å². The van der Waals surface area contributed by atoms with Crippen molar-refractivity contribution in [3.63, 3.8) is 0 Å². The molecule has 5 nitrogen and oxygen atoms in total. The molecule has 0 aliphatic heterocycles. The quantitative estimate of drug-likeness (QED) is 0.758. The summed E-state index contributed by atoms with van der Waals surface area (Å²) in [6, 6.07) is 3.08.